The Labute approximate surface area is 297 Å². The third-order valence-electron chi connectivity index (χ3n) is 11.7. The molecule has 0 saturated carbocycles. The Morgan fingerprint density at radius 2 is 0.647 bits per heavy atom. The lowest BCUT2D eigenvalue weighted by Gasteiger charge is -2.26. The Bertz CT molecular complexity index is 3100. The largest absolute Gasteiger partial charge is 0.0616 e. The maximum absolute atomic E-state index is 2.48. The highest BCUT2D eigenvalue weighted by Crippen LogP contribution is 2.59. The van der Waals surface area contributed by atoms with Crippen molar-refractivity contribution in [2.24, 2.45) is 0 Å². The summed E-state index contributed by atoms with van der Waals surface area (Å²) in [6.45, 7) is 4.92. The van der Waals surface area contributed by atoms with E-state index in [2.05, 4.69) is 184 Å². The summed E-state index contributed by atoms with van der Waals surface area (Å²) < 4.78 is 0. The second-order valence-corrected chi connectivity index (χ2v) is 14.9. The van der Waals surface area contributed by atoms with Crippen molar-refractivity contribution in [3.05, 3.63) is 181 Å². The van der Waals surface area contributed by atoms with E-state index in [1.54, 1.807) is 0 Å². The molecule has 238 valence electrons. The fraction of sp³-hybridized carbons (Fsp3) is 0.0588. The first-order valence-corrected chi connectivity index (χ1v) is 18.0. The summed E-state index contributed by atoms with van der Waals surface area (Å²) in [6, 6.07) is 63.6. The molecule has 0 heteroatoms. The second kappa shape index (κ2) is 10.4. The van der Waals surface area contributed by atoms with Crippen LogP contribution >= 0.6 is 0 Å². The van der Waals surface area contributed by atoms with Crippen molar-refractivity contribution in [3.63, 3.8) is 0 Å². The van der Waals surface area contributed by atoms with E-state index in [-0.39, 0.29) is 5.41 Å². The Hall–Kier alpha value is -6.24. The minimum absolute atomic E-state index is 0.234. The SMILES string of the molecule is CC1(C)c2c(c3ccccc3c3ccccc23)-c2c1c1cc(-c3ccc4ccccc4c3)ccc1c1ccc(-c3ccc4ccccc4c3)cc21. The van der Waals surface area contributed by atoms with Crippen molar-refractivity contribution >= 4 is 64.6 Å². The third-order valence-corrected chi connectivity index (χ3v) is 11.7. The third kappa shape index (κ3) is 4.02. The molecule has 51 heavy (non-hydrogen) atoms. The molecule has 0 unspecified atom stereocenters. The summed E-state index contributed by atoms with van der Waals surface area (Å²) in [6.07, 6.45) is 0. The van der Waals surface area contributed by atoms with Gasteiger partial charge in [0.25, 0.3) is 0 Å². The van der Waals surface area contributed by atoms with Crippen LogP contribution in [-0.2, 0) is 5.41 Å². The summed E-state index contributed by atoms with van der Waals surface area (Å²) in [4.78, 5) is 0. The number of rotatable bonds is 2. The molecule has 10 aromatic rings. The maximum Gasteiger partial charge on any atom is 0.0171 e. The lowest BCUT2D eigenvalue weighted by atomic mass is 9.77. The summed E-state index contributed by atoms with van der Waals surface area (Å²) in [5.74, 6) is 0. The zero-order valence-electron chi connectivity index (χ0n) is 28.7. The highest BCUT2D eigenvalue weighted by molar-refractivity contribution is 6.26. The molecule has 10 aromatic carbocycles. The average molecular weight is 647 g/mol. The first kappa shape index (κ1) is 28.6. The molecule has 0 atom stereocenters. The standard InChI is InChI=1S/C51H34/c1-51(2)49-44-18-10-8-16-40(44)39-15-7-9-17-43(39)47(49)48-45-29-37(35-21-19-31-11-3-5-13-33(31)27-35)23-25-41(45)42-26-24-38(30-46(42)50(48)51)36-22-20-32-12-4-6-14-34(32)28-36/h3-30H,1-2H3. The molecule has 1 aliphatic rings. The van der Waals surface area contributed by atoms with E-state index in [1.807, 2.05) is 0 Å². The van der Waals surface area contributed by atoms with E-state index >= 15 is 0 Å². The maximum atomic E-state index is 2.48. The van der Waals surface area contributed by atoms with Crippen LogP contribution in [0.2, 0.25) is 0 Å². The van der Waals surface area contributed by atoms with Crippen LogP contribution in [0.4, 0.5) is 0 Å². The van der Waals surface area contributed by atoms with Gasteiger partial charge in [0.05, 0.1) is 0 Å². The van der Waals surface area contributed by atoms with Gasteiger partial charge in [0.15, 0.2) is 0 Å². The number of hydrogen-bond donors (Lipinski definition) is 0. The fourth-order valence-electron chi connectivity index (χ4n) is 9.42. The summed E-state index contributed by atoms with van der Waals surface area (Å²) >= 11 is 0. The van der Waals surface area contributed by atoms with Gasteiger partial charge < -0.3 is 0 Å². The first-order valence-electron chi connectivity index (χ1n) is 18.0. The molecule has 0 bridgehead atoms. The zero-order chi connectivity index (χ0) is 33.8. The van der Waals surface area contributed by atoms with Crippen LogP contribution in [0.15, 0.2) is 170 Å². The molecule has 0 spiro atoms. The Balaban J connectivity index is 1.28. The summed E-state index contributed by atoms with van der Waals surface area (Å²) in [5, 5.41) is 15.7. The van der Waals surface area contributed by atoms with Crippen molar-refractivity contribution in [3.8, 4) is 33.4 Å². The quantitative estimate of drug-likeness (QED) is 0.164. The number of fused-ring (bicyclic) bond motifs is 15. The van der Waals surface area contributed by atoms with Crippen LogP contribution in [0.5, 0.6) is 0 Å². The Kier molecular flexibility index (Phi) is 5.82. The van der Waals surface area contributed by atoms with Gasteiger partial charge in [-0.05, 0) is 133 Å². The van der Waals surface area contributed by atoms with Gasteiger partial charge in [0, 0.05) is 5.41 Å². The predicted molar refractivity (Wildman–Crippen MR) is 220 cm³/mol. The van der Waals surface area contributed by atoms with Gasteiger partial charge in [-0.25, -0.2) is 0 Å². The molecule has 0 N–H and O–H groups in total. The second-order valence-electron chi connectivity index (χ2n) is 14.9. The smallest absolute Gasteiger partial charge is 0.0171 e. The monoisotopic (exact) mass is 646 g/mol. The van der Waals surface area contributed by atoms with Gasteiger partial charge in [-0.3, -0.25) is 0 Å². The minimum Gasteiger partial charge on any atom is -0.0616 e. The molecule has 1 aliphatic carbocycles. The van der Waals surface area contributed by atoms with Gasteiger partial charge in [0.1, 0.15) is 0 Å². The molecule has 0 heterocycles. The van der Waals surface area contributed by atoms with Crippen LogP contribution < -0.4 is 0 Å². The van der Waals surface area contributed by atoms with Gasteiger partial charge >= 0.3 is 0 Å². The van der Waals surface area contributed by atoms with E-state index in [1.165, 1.54) is 109 Å². The van der Waals surface area contributed by atoms with Crippen LogP contribution in [-0.4, -0.2) is 0 Å². The molecule has 0 nitrogen and oxygen atoms in total. The molecule has 0 radical (unpaired) electrons. The molecular weight excluding hydrogens is 613 g/mol. The van der Waals surface area contributed by atoms with Crippen molar-refractivity contribution in [2.45, 2.75) is 19.3 Å². The fourth-order valence-corrected chi connectivity index (χ4v) is 9.42. The first-order chi connectivity index (χ1) is 25.0. The Morgan fingerprint density at radius 1 is 0.275 bits per heavy atom. The molecular formula is C51H34. The molecule has 0 saturated heterocycles. The van der Waals surface area contributed by atoms with Crippen molar-refractivity contribution < 1.29 is 0 Å². The van der Waals surface area contributed by atoms with E-state index in [9.17, 15) is 0 Å². The van der Waals surface area contributed by atoms with Crippen molar-refractivity contribution in [1.82, 2.24) is 0 Å². The van der Waals surface area contributed by atoms with Crippen molar-refractivity contribution in [1.29, 1.82) is 0 Å². The van der Waals surface area contributed by atoms with Crippen LogP contribution in [0.25, 0.3) is 98.0 Å². The Morgan fingerprint density at radius 3 is 1.25 bits per heavy atom. The van der Waals surface area contributed by atoms with E-state index in [0.29, 0.717) is 0 Å². The van der Waals surface area contributed by atoms with Gasteiger partial charge in [-0.1, -0.05) is 159 Å². The van der Waals surface area contributed by atoms with Gasteiger partial charge in [0.2, 0.25) is 0 Å². The molecule has 0 aliphatic heterocycles. The zero-order valence-corrected chi connectivity index (χ0v) is 28.7. The van der Waals surface area contributed by atoms with E-state index in [4.69, 9.17) is 0 Å². The predicted octanol–water partition coefficient (Wildman–Crippen LogP) is 14.2. The van der Waals surface area contributed by atoms with Crippen LogP contribution in [0.1, 0.15) is 25.0 Å². The van der Waals surface area contributed by atoms with E-state index < -0.39 is 0 Å². The average Bonchev–Trinajstić information content (AvgIpc) is 3.45. The minimum atomic E-state index is -0.234. The van der Waals surface area contributed by atoms with Crippen LogP contribution in [0, 0.1) is 0 Å². The number of hydrogen-bond acceptors (Lipinski definition) is 0. The molecule has 0 amide bonds. The van der Waals surface area contributed by atoms with Gasteiger partial charge in [-0.2, -0.15) is 0 Å². The molecule has 0 fully saturated rings. The highest BCUT2D eigenvalue weighted by Gasteiger charge is 2.41. The van der Waals surface area contributed by atoms with Crippen molar-refractivity contribution in [2.75, 3.05) is 0 Å². The van der Waals surface area contributed by atoms with E-state index in [0.717, 1.165) is 0 Å². The molecule has 11 rings (SSSR count). The topological polar surface area (TPSA) is 0 Å². The normalized spacial score (nSPS) is 13.5. The van der Waals surface area contributed by atoms with Gasteiger partial charge in [-0.15, -0.1) is 0 Å². The van der Waals surface area contributed by atoms with Crippen LogP contribution in [0.3, 0.4) is 0 Å². The lowest BCUT2D eigenvalue weighted by molar-refractivity contribution is 0.673. The lowest BCUT2D eigenvalue weighted by Crippen LogP contribution is -2.16. The summed E-state index contributed by atoms with van der Waals surface area (Å²) in [5.41, 5.74) is 10.4. The molecule has 0 aromatic heterocycles. The number of benzene rings is 10. The summed E-state index contributed by atoms with van der Waals surface area (Å²) in [7, 11) is 0. The highest BCUT2D eigenvalue weighted by atomic mass is 14.4.